The van der Waals surface area contributed by atoms with E-state index in [4.69, 9.17) is 9.47 Å². The largest absolute Gasteiger partial charge is 0.496 e. The summed E-state index contributed by atoms with van der Waals surface area (Å²) >= 11 is 0. The van der Waals surface area contributed by atoms with Crippen LogP contribution in [0.5, 0.6) is 5.75 Å². The quantitative estimate of drug-likeness (QED) is 0.684. The predicted molar refractivity (Wildman–Crippen MR) is 67.9 cm³/mol. The fraction of sp³-hybridized carbons (Fsp3) is 0.429. The molecule has 0 aromatic heterocycles. The van der Waals surface area contributed by atoms with Crippen LogP contribution in [-0.2, 0) is 4.74 Å². The predicted octanol–water partition coefficient (Wildman–Crippen LogP) is 3.44. The summed E-state index contributed by atoms with van der Waals surface area (Å²) in [5, 5.41) is 0. The van der Waals surface area contributed by atoms with E-state index in [1.165, 1.54) is 5.56 Å². The Morgan fingerprint density at radius 2 is 2.06 bits per heavy atom. The van der Waals surface area contributed by atoms with E-state index in [0.717, 1.165) is 30.8 Å². The van der Waals surface area contributed by atoms with Gasteiger partial charge >= 0.3 is 0 Å². The Morgan fingerprint density at radius 3 is 2.75 bits per heavy atom. The first-order chi connectivity index (χ1) is 7.77. The molecule has 0 aliphatic carbocycles. The van der Waals surface area contributed by atoms with Crippen molar-refractivity contribution in [2.45, 2.75) is 19.8 Å². The van der Waals surface area contributed by atoms with Gasteiger partial charge in [0.2, 0.25) is 0 Å². The number of allylic oxidation sites excluding steroid dienone is 1. The third-order valence-corrected chi connectivity index (χ3v) is 2.40. The van der Waals surface area contributed by atoms with Crippen LogP contribution in [0.15, 0.2) is 24.3 Å². The molecule has 0 amide bonds. The van der Waals surface area contributed by atoms with Crippen LogP contribution in [0, 0.1) is 6.92 Å². The molecule has 0 saturated carbocycles. The molecule has 1 aromatic rings. The molecule has 0 radical (unpaired) electrons. The van der Waals surface area contributed by atoms with E-state index >= 15 is 0 Å². The van der Waals surface area contributed by atoms with Crippen LogP contribution in [0.4, 0.5) is 0 Å². The number of aryl methyl sites for hydroxylation is 1. The molecule has 0 N–H and O–H groups in total. The van der Waals surface area contributed by atoms with Gasteiger partial charge in [-0.1, -0.05) is 23.8 Å². The average molecular weight is 220 g/mol. The summed E-state index contributed by atoms with van der Waals surface area (Å²) < 4.78 is 10.3. The van der Waals surface area contributed by atoms with Crippen molar-refractivity contribution in [3.63, 3.8) is 0 Å². The smallest absolute Gasteiger partial charge is 0.126 e. The summed E-state index contributed by atoms with van der Waals surface area (Å²) in [5.41, 5.74) is 2.39. The number of benzene rings is 1. The lowest BCUT2D eigenvalue weighted by Crippen LogP contribution is -1.88. The molecule has 0 fully saturated rings. The highest BCUT2D eigenvalue weighted by Gasteiger charge is 1.98. The Morgan fingerprint density at radius 1 is 1.25 bits per heavy atom. The molecular formula is C14H20O2. The fourth-order valence-corrected chi connectivity index (χ4v) is 1.54. The fourth-order valence-electron chi connectivity index (χ4n) is 1.54. The van der Waals surface area contributed by atoms with Crippen molar-refractivity contribution in [3.05, 3.63) is 35.4 Å². The zero-order chi connectivity index (χ0) is 11.8. The Bertz CT molecular complexity index is 343. The van der Waals surface area contributed by atoms with Crippen molar-refractivity contribution >= 4 is 6.08 Å². The van der Waals surface area contributed by atoms with Crippen molar-refractivity contribution < 1.29 is 9.47 Å². The van der Waals surface area contributed by atoms with Crippen LogP contribution in [0.3, 0.4) is 0 Å². The minimum Gasteiger partial charge on any atom is -0.496 e. The molecule has 0 bridgehead atoms. The van der Waals surface area contributed by atoms with E-state index < -0.39 is 0 Å². The number of unbranched alkanes of at least 4 members (excludes halogenated alkanes) is 1. The van der Waals surface area contributed by atoms with E-state index in [-0.39, 0.29) is 0 Å². The summed E-state index contributed by atoms with van der Waals surface area (Å²) in [7, 11) is 3.43. The maximum absolute atomic E-state index is 5.30. The van der Waals surface area contributed by atoms with E-state index in [9.17, 15) is 0 Å². The van der Waals surface area contributed by atoms with Gasteiger partial charge in [-0.15, -0.1) is 0 Å². The van der Waals surface area contributed by atoms with Crippen LogP contribution < -0.4 is 4.74 Å². The minimum atomic E-state index is 0.815. The molecule has 0 spiro atoms. The lowest BCUT2D eigenvalue weighted by molar-refractivity contribution is 0.196. The third-order valence-electron chi connectivity index (χ3n) is 2.40. The molecule has 16 heavy (non-hydrogen) atoms. The second-order valence-electron chi connectivity index (χ2n) is 3.78. The molecule has 0 unspecified atom stereocenters. The molecule has 2 nitrogen and oxygen atoms in total. The first kappa shape index (κ1) is 12.8. The van der Waals surface area contributed by atoms with Crippen molar-refractivity contribution in [3.8, 4) is 5.75 Å². The molecule has 0 saturated heterocycles. The maximum atomic E-state index is 5.30. The number of ether oxygens (including phenoxy) is 2. The van der Waals surface area contributed by atoms with E-state index in [1.807, 2.05) is 6.07 Å². The maximum Gasteiger partial charge on any atom is 0.126 e. The monoisotopic (exact) mass is 220 g/mol. The topological polar surface area (TPSA) is 18.5 Å². The standard InChI is InChI=1S/C14H20O2/c1-12-8-9-14(16-3)13(11-12)7-5-4-6-10-15-2/h5,7-9,11H,4,6,10H2,1-3H3/b7-5+. The van der Waals surface area contributed by atoms with Gasteiger partial charge in [-0.3, -0.25) is 0 Å². The van der Waals surface area contributed by atoms with Crippen molar-refractivity contribution in [1.82, 2.24) is 0 Å². The molecule has 0 heterocycles. The number of hydrogen-bond donors (Lipinski definition) is 0. The normalized spacial score (nSPS) is 10.9. The number of rotatable bonds is 6. The van der Waals surface area contributed by atoms with Gasteiger partial charge < -0.3 is 9.47 Å². The molecule has 1 rings (SSSR count). The molecule has 2 heteroatoms. The van der Waals surface area contributed by atoms with Crippen LogP contribution in [0.1, 0.15) is 24.0 Å². The Labute approximate surface area is 97.9 Å². The lowest BCUT2D eigenvalue weighted by Gasteiger charge is -2.05. The Kier molecular flexibility index (Phi) is 5.65. The van der Waals surface area contributed by atoms with Gasteiger partial charge in [-0.05, 0) is 31.9 Å². The summed E-state index contributed by atoms with van der Waals surface area (Å²) in [5.74, 6) is 0.925. The van der Waals surface area contributed by atoms with E-state index in [2.05, 4.69) is 31.2 Å². The van der Waals surface area contributed by atoms with Gasteiger partial charge in [-0.25, -0.2) is 0 Å². The van der Waals surface area contributed by atoms with Crippen LogP contribution >= 0.6 is 0 Å². The lowest BCUT2D eigenvalue weighted by atomic mass is 10.1. The van der Waals surface area contributed by atoms with Crippen molar-refractivity contribution in [1.29, 1.82) is 0 Å². The van der Waals surface area contributed by atoms with Crippen molar-refractivity contribution in [2.24, 2.45) is 0 Å². The van der Waals surface area contributed by atoms with Gasteiger partial charge in [0.15, 0.2) is 0 Å². The van der Waals surface area contributed by atoms with E-state index in [0.29, 0.717) is 0 Å². The van der Waals surface area contributed by atoms with Crippen molar-refractivity contribution in [2.75, 3.05) is 20.8 Å². The summed E-state index contributed by atoms with van der Waals surface area (Å²) in [6.45, 7) is 2.90. The van der Waals surface area contributed by atoms with Gasteiger partial charge in [0.1, 0.15) is 5.75 Å². The summed E-state index contributed by atoms with van der Waals surface area (Å²) in [4.78, 5) is 0. The molecule has 88 valence electrons. The van der Waals surface area contributed by atoms with Gasteiger partial charge in [0.25, 0.3) is 0 Å². The van der Waals surface area contributed by atoms with Crippen LogP contribution in [-0.4, -0.2) is 20.8 Å². The summed E-state index contributed by atoms with van der Waals surface area (Å²) in [6, 6.07) is 6.19. The molecule has 0 atom stereocenters. The van der Waals surface area contributed by atoms with Gasteiger partial charge in [0, 0.05) is 19.3 Å². The third kappa shape index (κ3) is 4.07. The van der Waals surface area contributed by atoms with Crippen LogP contribution in [0.25, 0.3) is 6.08 Å². The molecular weight excluding hydrogens is 200 g/mol. The number of hydrogen-bond acceptors (Lipinski definition) is 2. The Hall–Kier alpha value is -1.28. The zero-order valence-electron chi connectivity index (χ0n) is 10.3. The minimum absolute atomic E-state index is 0.815. The molecule has 0 aliphatic rings. The summed E-state index contributed by atoms with van der Waals surface area (Å²) in [6.07, 6.45) is 6.36. The zero-order valence-corrected chi connectivity index (χ0v) is 10.3. The highest BCUT2D eigenvalue weighted by atomic mass is 16.5. The average Bonchev–Trinajstić information content (AvgIpc) is 2.29. The van der Waals surface area contributed by atoms with Gasteiger partial charge in [-0.2, -0.15) is 0 Å². The van der Waals surface area contributed by atoms with Gasteiger partial charge in [0.05, 0.1) is 7.11 Å². The molecule has 1 aromatic carbocycles. The molecule has 0 aliphatic heterocycles. The second kappa shape index (κ2) is 7.07. The van der Waals surface area contributed by atoms with E-state index in [1.54, 1.807) is 14.2 Å². The number of methoxy groups -OCH3 is 2. The first-order valence-electron chi connectivity index (χ1n) is 5.58. The highest BCUT2D eigenvalue weighted by Crippen LogP contribution is 2.21. The highest BCUT2D eigenvalue weighted by molar-refractivity contribution is 5.58. The second-order valence-corrected chi connectivity index (χ2v) is 3.78. The first-order valence-corrected chi connectivity index (χ1v) is 5.58. The SMILES string of the molecule is COCCC/C=C/c1cc(C)ccc1OC. The van der Waals surface area contributed by atoms with Crippen LogP contribution in [0.2, 0.25) is 0 Å². The Balaban J connectivity index is 2.60.